The van der Waals surface area contributed by atoms with Crippen molar-refractivity contribution >= 4 is 5.97 Å². The molecule has 6 nitrogen and oxygen atoms in total. The third-order valence-corrected chi connectivity index (χ3v) is 2.31. The molecule has 1 aromatic rings. The Labute approximate surface area is 105 Å². The van der Waals surface area contributed by atoms with E-state index in [0.717, 1.165) is 0 Å². The molecule has 0 unspecified atom stereocenters. The lowest BCUT2D eigenvalue weighted by Gasteiger charge is -2.17. The molecule has 0 saturated heterocycles. The summed E-state index contributed by atoms with van der Waals surface area (Å²) in [5, 5.41) is 17.8. The van der Waals surface area contributed by atoms with E-state index in [0.29, 0.717) is 5.82 Å². The molecule has 1 heterocycles. The van der Waals surface area contributed by atoms with Crippen LogP contribution in [-0.4, -0.2) is 15.5 Å². The fourth-order valence-electron chi connectivity index (χ4n) is 1.25. The Bertz CT molecular complexity index is 552. The lowest BCUT2D eigenvalue weighted by molar-refractivity contribution is -0.157. The Kier molecular flexibility index (Phi) is 3.73. The first-order valence-corrected chi connectivity index (χ1v) is 5.35. The highest BCUT2D eigenvalue weighted by Gasteiger charge is 2.24. The topological polar surface area (TPSA) is 91.7 Å². The monoisotopic (exact) mass is 246 g/mol. The lowest BCUT2D eigenvalue weighted by atomic mass is 9.98. The molecule has 0 aliphatic heterocycles. The van der Waals surface area contributed by atoms with E-state index < -0.39 is 5.41 Å². The number of rotatable bonds is 2. The average Bonchev–Trinajstić information content (AvgIpc) is 2.60. The van der Waals surface area contributed by atoms with Crippen LogP contribution >= 0.6 is 0 Å². The van der Waals surface area contributed by atoms with Crippen LogP contribution in [0.15, 0.2) is 0 Å². The Morgan fingerprint density at radius 2 is 2.00 bits per heavy atom. The van der Waals surface area contributed by atoms with Gasteiger partial charge < -0.3 is 4.74 Å². The van der Waals surface area contributed by atoms with E-state index in [9.17, 15) is 4.79 Å². The summed E-state index contributed by atoms with van der Waals surface area (Å²) in [6, 6.07) is 3.72. The second-order valence-corrected chi connectivity index (χ2v) is 4.82. The zero-order valence-electron chi connectivity index (χ0n) is 10.8. The molecular formula is C12H14N4O2. The molecule has 0 fully saturated rings. The molecule has 0 bridgehead atoms. The zero-order valence-corrected chi connectivity index (χ0v) is 10.8. The van der Waals surface area contributed by atoms with Gasteiger partial charge in [0.15, 0.2) is 18.1 Å². The van der Waals surface area contributed by atoms with Crippen LogP contribution in [0.3, 0.4) is 0 Å². The van der Waals surface area contributed by atoms with Crippen LogP contribution in [0.25, 0.3) is 0 Å². The number of nitrogens with zero attached hydrogens (tertiary/aromatic N) is 4. The van der Waals surface area contributed by atoms with Gasteiger partial charge in [0, 0.05) is 0 Å². The molecule has 6 heteroatoms. The highest BCUT2D eigenvalue weighted by molar-refractivity contribution is 5.75. The predicted molar refractivity (Wildman–Crippen MR) is 61.9 cm³/mol. The maximum atomic E-state index is 11.6. The molecule has 0 aliphatic rings. The van der Waals surface area contributed by atoms with Crippen LogP contribution < -0.4 is 0 Å². The Morgan fingerprint density at radius 3 is 2.44 bits per heavy atom. The van der Waals surface area contributed by atoms with Crippen molar-refractivity contribution in [1.82, 2.24) is 9.55 Å². The summed E-state index contributed by atoms with van der Waals surface area (Å²) in [6.45, 7) is 6.75. The zero-order chi connectivity index (χ0) is 13.9. The number of carbonyl (C=O) groups excluding carboxylic acids is 1. The average molecular weight is 246 g/mol. The molecule has 94 valence electrons. The van der Waals surface area contributed by atoms with E-state index in [1.807, 2.05) is 12.1 Å². The van der Waals surface area contributed by atoms with Crippen molar-refractivity contribution < 1.29 is 9.53 Å². The van der Waals surface area contributed by atoms with Crippen LogP contribution in [0.1, 0.15) is 38.0 Å². The fourth-order valence-corrected chi connectivity index (χ4v) is 1.25. The maximum Gasteiger partial charge on any atom is 0.312 e. The number of hydrogen-bond donors (Lipinski definition) is 0. The molecule has 0 amide bonds. The van der Waals surface area contributed by atoms with E-state index in [1.165, 1.54) is 4.57 Å². The van der Waals surface area contributed by atoms with Crippen molar-refractivity contribution in [3.05, 3.63) is 17.2 Å². The minimum Gasteiger partial charge on any atom is -0.443 e. The third kappa shape index (κ3) is 2.67. The number of carbonyl (C=O) groups is 1. The summed E-state index contributed by atoms with van der Waals surface area (Å²) in [5.74, 6) is 0.0859. The first kappa shape index (κ1) is 13.7. The van der Waals surface area contributed by atoms with Crippen LogP contribution in [0.5, 0.6) is 0 Å². The van der Waals surface area contributed by atoms with Gasteiger partial charge in [0.2, 0.25) is 0 Å². The van der Waals surface area contributed by atoms with Crippen LogP contribution in [0.2, 0.25) is 0 Å². The molecule has 0 N–H and O–H groups in total. The SMILES string of the molecule is Cc1nc(C#N)c(C#N)n1COC(=O)C(C)(C)C. The van der Waals surface area contributed by atoms with E-state index in [4.69, 9.17) is 15.3 Å². The number of imidazole rings is 1. The highest BCUT2D eigenvalue weighted by Crippen LogP contribution is 2.17. The van der Waals surface area contributed by atoms with Crippen molar-refractivity contribution in [2.24, 2.45) is 5.41 Å². The number of esters is 1. The van der Waals surface area contributed by atoms with E-state index in [2.05, 4.69) is 4.98 Å². The number of aromatic nitrogens is 2. The molecule has 0 spiro atoms. The molecule has 0 radical (unpaired) electrons. The van der Waals surface area contributed by atoms with Crippen LogP contribution in [0, 0.1) is 35.0 Å². The number of ether oxygens (including phenoxy) is 1. The predicted octanol–water partition coefficient (Wildman–Crippen LogP) is 1.48. The second kappa shape index (κ2) is 4.89. The van der Waals surface area contributed by atoms with Gasteiger partial charge in [0.25, 0.3) is 0 Å². The van der Waals surface area contributed by atoms with Crippen molar-refractivity contribution in [2.75, 3.05) is 0 Å². The van der Waals surface area contributed by atoms with Crippen molar-refractivity contribution in [1.29, 1.82) is 10.5 Å². The van der Waals surface area contributed by atoms with Gasteiger partial charge >= 0.3 is 5.97 Å². The summed E-state index contributed by atoms with van der Waals surface area (Å²) in [7, 11) is 0. The Hall–Kier alpha value is -2.34. The van der Waals surface area contributed by atoms with Crippen LogP contribution in [0.4, 0.5) is 0 Å². The molecular weight excluding hydrogens is 232 g/mol. The number of hydrogen-bond acceptors (Lipinski definition) is 5. The minimum absolute atomic E-state index is 0.0433. The molecule has 0 saturated carbocycles. The summed E-state index contributed by atoms with van der Waals surface area (Å²) in [5.41, 5.74) is -0.460. The van der Waals surface area contributed by atoms with Crippen LogP contribution in [-0.2, 0) is 16.3 Å². The minimum atomic E-state index is -0.612. The standard InChI is InChI=1S/C12H14N4O2/c1-8-15-9(5-13)10(6-14)16(8)7-18-11(17)12(2,3)4/h7H2,1-4H3. The summed E-state index contributed by atoms with van der Waals surface area (Å²) in [6.07, 6.45) is 0. The molecule has 18 heavy (non-hydrogen) atoms. The van der Waals surface area contributed by atoms with E-state index in [1.54, 1.807) is 27.7 Å². The normalized spacial score (nSPS) is 10.6. The van der Waals surface area contributed by atoms with E-state index >= 15 is 0 Å². The van der Waals surface area contributed by atoms with Crippen molar-refractivity contribution in [2.45, 2.75) is 34.4 Å². The summed E-state index contributed by atoms with van der Waals surface area (Å²) >= 11 is 0. The van der Waals surface area contributed by atoms with E-state index in [-0.39, 0.29) is 24.1 Å². The summed E-state index contributed by atoms with van der Waals surface area (Å²) < 4.78 is 6.50. The van der Waals surface area contributed by atoms with Gasteiger partial charge in [-0.2, -0.15) is 10.5 Å². The molecule has 0 aliphatic carbocycles. The number of nitriles is 2. The van der Waals surface area contributed by atoms with Gasteiger partial charge in [-0.1, -0.05) is 0 Å². The maximum absolute atomic E-state index is 11.6. The van der Waals surface area contributed by atoms with Gasteiger partial charge in [-0.25, -0.2) is 4.98 Å². The fraction of sp³-hybridized carbons (Fsp3) is 0.500. The largest absolute Gasteiger partial charge is 0.443 e. The number of aryl methyl sites for hydroxylation is 1. The van der Waals surface area contributed by atoms with Gasteiger partial charge in [0.1, 0.15) is 18.0 Å². The Morgan fingerprint density at radius 1 is 1.39 bits per heavy atom. The van der Waals surface area contributed by atoms with Crippen molar-refractivity contribution in [3.63, 3.8) is 0 Å². The molecule has 0 atom stereocenters. The Balaban J connectivity index is 2.94. The first-order chi connectivity index (χ1) is 8.31. The van der Waals surface area contributed by atoms with Gasteiger partial charge in [0.05, 0.1) is 5.41 Å². The summed E-state index contributed by atoms with van der Waals surface area (Å²) in [4.78, 5) is 15.5. The van der Waals surface area contributed by atoms with Gasteiger partial charge in [-0.05, 0) is 27.7 Å². The molecule has 1 aromatic heterocycles. The highest BCUT2D eigenvalue weighted by atomic mass is 16.5. The van der Waals surface area contributed by atoms with Gasteiger partial charge in [-0.3, -0.25) is 9.36 Å². The smallest absolute Gasteiger partial charge is 0.312 e. The quantitative estimate of drug-likeness (QED) is 0.737. The molecule has 0 aromatic carbocycles. The van der Waals surface area contributed by atoms with Crippen molar-refractivity contribution in [3.8, 4) is 12.1 Å². The van der Waals surface area contributed by atoms with Gasteiger partial charge in [-0.15, -0.1) is 0 Å². The lowest BCUT2D eigenvalue weighted by Crippen LogP contribution is -2.24. The molecule has 1 rings (SSSR count). The third-order valence-electron chi connectivity index (χ3n) is 2.31. The first-order valence-electron chi connectivity index (χ1n) is 5.35. The second-order valence-electron chi connectivity index (χ2n) is 4.82.